The average Bonchev–Trinajstić information content (AvgIpc) is 2.13. The summed E-state index contributed by atoms with van der Waals surface area (Å²) in [6.45, 7) is 9.76. The first-order valence-corrected chi connectivity index (χ1v) is 6.20. The molecule has 0 spiro atoms. The molecule has 0 amide bonds. The monoisotopic (exact) mass is 220 g/mol. The van der Waals surface area contributed by atoms with E-state index < -0.39 is 0 Å². The van der Waals surface area contributed by atoms with Crippen LogP contribution in [-0.2, 0) is 4.29 Å². The van der Waals surface area contributed by atoms with Crippen molar-refractivity contribution in [2.45, 2.75) is 53.4 Å². The molecule has 86 valence electrons. The highest BCUT2D eigenvalue weighted by atomic mass is 35.5. The molecular weight excluding hydrogens is 196 g/mol. The molecule has 0 fully saturated rings. The lowest BCUT2D eigenvalue weighted by molar-refractivity contribution is 0.173. The summed E-state index contributed by atoms with van der Waals surface area (Å²) in [5.74, 6) is 2.19. The quantitative estimate of drug-likeness (QED) is 0.579. The van der Waals surface area contributed by atoms with Crippen molar-refractivity contribution < 1.29 is 4.29 Å². The molecule has 0 aliphatic heterocycles. The molecule has 0 N–H and O–H groups in total. The van der Waals surface area contributed by atoms with Gasteiger partial charge in [0.1, 0.15) is 0 Å². The van der Waals surface area contributed by atoms with Crippen molar-refractivity contribution in [2.75, 3.05) is 6.61 Å². The van der Waals surface area contributed by atoms with Crippen LogP contribution in [0.3, 0.4) is 0 Å². The van der Waals surface area contributed by atoms with Gasteiger partial charge in [-0.15, -0.1) is 0 Å². The van der Waals surface area contributed by atoms with Gasteiger partial charge in [-0.2, -0.15) is 0 Å². The van der Waals surface area contributed by atoms with E-state index in [-0.39, 0.29) is 0 Å². The van der Waals surface area contributed by atoms with Gasteiger partial charge in [0.25, 0.3) is 0 Å². The van der Waals surface area contributed by atoms with E-state index in [9.17, 15) is 0 Å². The fraction of sp³-hybridized carbons (Fsp3) is 1.00. The zero-order chi connectivity index (χ0) is 11.0. The van der Waals surface area contributed by atoms with Gasteiger partial charge in [-0.05, 0) is 24.2 Å². The zero-order valence-corrected chi connectivity index (χ0v) is 10.8. The standard InChI is InChI=1S/C12H25ClO/c1-5-7-12(8-10(3)4)11(6-2)9-14-13/h10-12H,5-9H2,1-4H3. The molecule has 2 atom stereocenters. The Labute approximate surface area is 94.3 Å². The molecule has 2 heteroatoms. The molecule has 0 aliphatic carbocycles. The van der Waals surface area contributed by atoms with Crippen molar-refractivity contribution in [3.63, 3.8) is 0 Å². The average molecular weight is 221 g/mol. The lowest BCUT2D eigenvalue weighted by Crippen LogP contribution is -2.20. The Morgan fingerprint density at radius 1 is 1.14 bits per heavy atom. The lowest BCUT2D eigenvalue weighted by Gasteiger charge is -2.26. The minimum absolute atomic E-state index is 0.634. The Morgan fingerprint density at radius 2 is 1.79 bits per heavy atom. The van der Waals surface area contributed by atoms with Gasteiger partial charge in [0.15, 0.2) is 0 Å². The van der Waals surface area contributed by atoms with Crippen LogP contribution < -0.4 is 0 Å². The maximum Gasteiger partial charge on any atom is 0.0713 e. The third-order valence-electron chi connectivity index (χ3n) is 2.90. The molecular formula is C12H25ClO. The summed E-state index contributed by atoms with van der Waals surface area (Å²) in [5, 5.41) is 0. The molecule has 0 radical (unpaired) electrons. The summed E-state index contributed by atoms with van der Waals surface area (Å²) < 4.78 is 4.78. The zero-order valence-electron chi connectivity index (χ0n) is 10.1. The van der Waals surface area contributed by atoms with Gasteiger partial charge in [-0.25, -0.2) is 0 Å². The van der Waals surface area contributed by atoms with Crippen LogP contribution in [-0.4, -0.2) is 6.61 Å². The molecule has 0 aliphatic rings. The highest BCUT2D eigenvalue weighted by molar-refractivity contribution is 6.07. The van der Waals surface area contributed by atoms with Gasteiger partial charge in [0.2, 0.25) is 0 Å². The topological polar surface area (TPSA) is 9.23 Å². The second kappa shape index (κ2) is 8.55. The number of hydrogen-bond donors (Lipinski definition) is 0. The molecule has 0 saturated carbocycles. The van der Waals surface area contributed by atoms with Crippen molar-refractivity contribution in [1.29, 1.82) is 0 Å². The molecule has 0 aromatic rings. The van der Waals surface area contributed by atoms with Crippen LogP contribution in [0.15, 0.2) is 0 Å². The molecule has 0 heterocycles. The van der Waals surface area contributed by atoms with Crippen LogP contribution in [0.4, 0.5) is 0 Å². The molecule has 0 bridgehead atoms. The van der Waals surface area contributed by atoms with Crippen LogP contribution in [0.25, 0.3) is 0 Å². The fourth-order valence-electron chi connectivity index (χ4n) is 2.19. The minimum Gasteiger partial charge on any atom is -0.279 e. The van der Waals surface area contributed by atoms with Gasteiger partial charge >= 0.3 is 0 Å². The van der Waals surface area contributed by atoms with E-state index in [0.717, 1.165) is 11.8 Å². The Hall–Kier alpha value is 0.250. The largest absolute Gasteiger partial charge is 0.279 e. The Bertz CT molecular complexity index is 125. The van der Waals surface area contributed by atoms with Crippen molar-refractivity contribution in [1.82, 2.24) is 0 Å². The molecule has 0 rings (SSSR count). The molecule has 0 aromatic carbocycles. The van der Waals surface area contributed by atoms with Crippen molar-refractivity contribution in [2.24, 2.45) is 17.8 Å². The highest BCUT2D eigenvalue weighted by Crippen LogP contribution is 2.28. The summed E-state index contributed by atoms with van der Waals surface area (Å²) >= 11 is 5.36. The Kier molecular flexibility index (Phi) is 8.70. The molecule has 2 unspecified atom stereocenters. The first-order chi connectivity index (χ1) is 6.65. The Morgan fingerprint density at radius 3 is 2.14 bits per heavy atom. The highest BCUT2D eigenvalue weighted by Gasteiger charge is 2.20. The van der Waals surface area contributed by atoms with E-state index in [1.165, 1.54) is 25.7 Å². The third kappa shape index (κ3) is 5.87. The van der Waals surface area contributed by atoms with E-state index in [2.05, 4.69) is 27.7 Å². The van der Waals surface area contributed by atoms with E-state index in [4.69, 9.17) is 16.2 Å². The fourth-order valence-corrected chi connectivity index (χ4v) is 2.35. The summed E-state index contributed by atoms with van der Waals surface area (Å²) in [7, 11) is 0. The first-order valence-electron chi connectivity index (χ1n) is 5.89. The van der Waals surface area contributed by atoms with Crippen LogP contribution in [0.1, 0.15) is 53.4 Å². The van der Waals surface area contributed by atoms with Gasteiger partial charge in [-0.1, -0.05) is 47.0 Å². The second-order valence-corrected chi connectivity index (χ2v) is 4.84. The van der Waals surface area contributed by atoms with E-state index in [0.29, 0.717) is 12.5 Å². The van der Waals surface area contributed by atoms with E-state index in [1.807, 2.05) is 0 Å². The molecule has 0 saturated heterocycles. The van der Waals surface area contributed by atoms with E-state index in [1.54, 1.807) is 0 Å². The molecule has 14 heavy (non-hydrogen) atoms. The normalized spacial score (nSPS) is 15.9. The molecule has 1 nitrogen and oxygen atoms in total. The number of halogens is 1. The van der Waals surface area contributed by atoms with Gasteiger partial charge in [0, 0.05) is 0 Å². The molecule has 0 aromatic heterocycles. The number of hydrogen-bond acceptors (Lipinski definition) is 1. The Balaban J connectivity index is 4.11. The van der Waals surface area contributed by atoms with Gasteiger partial charge in [-0.3, -0.25) is 4.29 Å². The van der Waals surface area contributed by atoms with Crippen LogP contribution >= 0.6 is 11.9 Å². The third-order valence-corrected chi connectivity index (χ3v) is 3.03. The lowest BCUT2D eigenvalue weighted by atomic mass is 9.81. The van der Waals surface area contributed by atoms with Crippen molar-refractivity contribution in [3.8, 4) is 0 Å². The smallest absolute Gasteiger partial charge is 0.0713 e. The summed E-state index contributed by atoms with van der Waals surface area (Å²) in [6.07, 6.45) is 5.03. The summed E-state index contributed by atoms with van der Waals surface area (Å²) in [5.41, 5.74) is 0. The van der Waals surface area contributed by atoms with Crippen LogP contribution in [0.5, 0.6) is 0 Å². The van der Waals surface area contributed by atoms with E-state index >= 15 is 0 Å². The number of rotatable bonds is 8. The second-order valence-electron chi connectivity index (χ2n) is 4.62. The minimum atomic E-state index is 0.634. The van der Waals surface area contributed by atoms with Gasteiger partial charge in [0.05, 0.1) is 18.5 Å². The predicted octanol–water partition coefficient (Wildman–Crippen LogP) is 4.65. The van der Waals surface area contributed by atoms with Crippen molar-refractivity contribution >= 4 is 11.9 Å². The summed E-state index contributed by atoms with van der Waals surface area (Å²) in [4.78, 5) is 0. The first kappa shape index (κ1) is 14.2. The maximum absolute atomic E-state index is 5.36. The van der Waals surface area contributed by atoms with Crippen LogP contribution in [0, 0.1) is 17.8 Å². The predicted molar refractivity (Wildman–Crippen MR) is 63.4 cm³/mol. The van der Waals surface area contributed by atoms with Crippen LogP contribution in [0.2, 0.25) is 0 Å². The SMILES string of the molecule is CCCC(CC(C)C)C(CC)COCl. The summed E-state index contributed by atoms with van der Waals surface area (Å²) in [6, 6.07) is 0. The maximum atomic E-state index is 5.36. The van der Waals surface area contributed by atoms with Gasteiger partial charge < -0.3 is 0 Å². The van der Waals surface area contributed by atoms with Crippen molar-refractivity contribution in [3.05, 3.63) is 0 Å².